The van der Waals surface area contributed by atoms with E-state index in [4.69, 9.17) is 4.74 Å². The van der Waals surface area contributed by atoms with Gasteiger partial charge in [-0.1, -0.05) is 57.0 Å². The molecule has 2 nitrogen and oxygen atoms in total. The molecule has 0 saturated heterocycles. The van der Waals surface area contributed by atoms with Crippen molar-refractivity contribution in [2.75, 3.05) is 0 Å². The molecule has 0 aliphatic heterocycles. The van der Waals surface area contributed by atoms with Crippen LogP contribution in [0, 0.1) is 24.7 Å². The van der Waals surface area contributed by atoms with Crippen molar-refractivity contribution in [3.05, 3.63) is 41.5 Å². The van der Waals surface area contributed by atoms with Crippen molar-refractivity contribution >= 4 is 12.0 Å². The summed E-state index contributed by atoms with van der Waals surface area (Å²) in [5, 5.41) is 0. The number of rotatable bonds is 4. The Bertz CT molecular complexity index is 513. The molecule has 0 amide bonds. The Hall–Kier alpha value is -1.57. The first kappa shape index (κ1) is 16.8. The van der Waals surface area contributed by atoms with E-state index in [0.29, 0.717) is 17.8 Å². The van der Waals surface area contributed by atoms with Gasteiger partial charge in [-0.15, -0.1) is 0 Å². The first-order valence-corrected chi connectivity index (χ1v) is 8.41. The third-order valence-corrected chi connectivity index (χ3v) is 4.72. The number of aryl methyl sites for hydroxylation is 1. The van der Waals surface area contributed by atoms with Crippen molar-refractivity contribution in [2.45, 2.75) is 53.1 Å². The number of esters is 1. The lowest BCUT2D eigenvalue weighted by molar-refractivity contribution is -0.149. The number of benzene rings is 1. The number of carbonyl (C=O) groups excluding carboxylic acids is 1. The summed E-state index contributed by atoms with van der Waals surface area (Å²) in [5.41, 5.74) is 2.25. The second-order valence-electron chi connectivity index (χ2n) is 7.05. The van der Waals surface area contributed by atoms with Crippen molar-refractivity contribution in [1.29, 1.82) is 0 Å². The molecule has 0 aromatic heterocycles. The summed E-state index contributed by atoms with van der Waals surface area (Å²) in [6, 6.07) is 8.11. The topological polar surface area (TPSA) is 26.3 Å². The Morgan fingerprint density at radius 3 is 2.55 bits per heavy atom. The minimum Gasteiger partial charge on any atom is -0.459 e. The van der Waals surface area contributed by atoms with Crippen LogP contribution < -0.4 is 0 Å². The Morgan fingerprint density at radius 2 is 1.91 bits per heavy atom. The molecule has 2 rings (SSSR count). The smallest absolute Gasteiger partial charge is 0.331 e. The largest absolute Gasteiger partial charge is 0.459 e. The van der Waals surface area contributed by atoms with Gasteiger partial charge in [-0.2, -0.15) is 0 Å². The van der Waals surface area contributed by atoms with Gasteiger partial charge in [0, 0.05) is 6.08 Å². The third-order valence-electron chi connectivity index (χ3n) is 4.72. The average molecular weight is 300 g/mol. The molecule has 1 aliphatic rings. The van der Waals surface area contributed by atoms with Crippen molar-refractivity contribution in [3.63, 3.8) is 0 Å². The van der Waals surface area contributed by atoms with Crippen LogP contribution in [-0.4, -0.2) is 12.1 Å². The van der Waals surface area contributed by atoms with Gasteiger partial charge in [-0.25, -0.2) is 4.79 Å². The molecular weight excluding hydrogens is 272 g/mol. The molecule has 0 heterocycles. The van der Waals surface area contributed by atoms with Crippen LogP contribution in [0.3, 0.4) is 0 Å². The molecule has 0 spiro atoms. The molecule has 2 heteroatoms. The Morgan fingerprint density at radius 1 is 1.23 bits per heavy atom. The highest BCUT2D eigenvalue weighted by Gasteiger charge is 2.32. The Labute approximate surface area is 134 Å². The normalized spacial score (nSPS) is 25.6. The van der Waals surface area contributed by atoms with Gasteiger partial charge in [-0.05, 0) is 49.2 Å². The maximum atomic E-state index is 12.1. The van der Waals surface area contributed by atoms with Gasteiger partial charge in [0.25, 0.3) is 0 Å². The van der Waals surface area contributed by atoms with E-state index in [9.17, 15) is 4.79 Å². The lowest BCUT2D eigenvalue weighted by atomic mass is 9.75. The van der Waals surface area contributed by atoms with Crippen molar-refractivity contribution in [3.8, 4) is 0 Å². The fourth-order valence-corrected chi connectivity index (χ4v) is 3.28. The molecule has 1 unspecified atom stereocenters. The predicted octanol–water partition coefficient (Wildman–Crippen LogP) is 5.01. The SMILES string of the molecule is Cc1ccc(/C=C/C(=O)OC2C[C@@H](C)CC[C@@H]2C(C)C)cc1. The predicted molar refractivity (Wildman–Crippen MR) is 91.4 cm³/mol. The summed E-state index contributed by atoms with van der Waals surface area (Å²) in [7, 11) is 0. The van der Waals surface area contributed by atoms with Crippen molar-refractivity contribution in [1.82, 2.24) is 0 Å². The molecule has 22 heavy (non-hydrogen) atoms. The molecule has 0 N–H and O–H groups in total. The minimum absolute atomic E-state index is 0.0684. The Balaban J connectivity index is 1.95. The summed E-state index contributed by atoms with van der Waals surface area (Å²) in [6.07, 6.45) is 6.86. The highest BCUT2D eigenvalue weighted by Crippen LogP contribution is 2.35. The van der Waals surface area contributed by atoms with E-state index in [-0.39, 0.29) is 12.1 Å². The zero-order chi connectivity index (χ0) is 16.1. The van der Waals surface area contributed by atoms with Gasteiger partial charge < -0.3 is 4.74 Å². The minimum atomic E-state index is -0.217. The summed E-state index contributed by atoms with van der Waals surface area (Å²) in [5.74, 6) is 1.48. The lowest BCUT2D eigenvalue weighted by Gasteiger charge is -2.36. The van der Waals surface area contributed by atoms with Crippen LogP contribution in [0.5, 0.6) is 0 Å². The van der Waals surface area contributed by atoms with Crippen molar-refractivity contribution in [2.24, 2.45) is 17.8 Å². The van der Waals surface area contributed by atoms with Crippen LogP contribution in [0.2, 0.25) is 0 Å². The van der Waals surface area contributed by atoms with Gasteiger partial charge in [0.2, 0.25) is 0 Å². The molecular formula is C20H28O2. The van der Waals surface area contributed by atoms with Crippen LogP contribution in [0.15, 0.2) is 30.3 Å². The van der Waals surface area contributed by atoms with Gasteiger partial charge in [0.1, 0.15) is 6.10 Å². The lowest BCUT2D eigenvalue weighted by Crippen LogP contribution is -2.35. The average Bonchev–Trinajstić information content (AvgIpc) is 2.46. The van der Waals surface area contributed by atoms with Crippen LogP contribution in [0.4, 0.5) is 0 Å². The van der Waals surface area contributed by atoms with E-state index in [1.807, 2.05) is 30.3 Å². The fraction of sp³-hybridized carbons (Fsp3) is 0.550. The van der Waals surface area contributed by atoms with Gasteiger partial charge in [0.05, 0.1) is 0 Å². The molecule has 0 radical (unpaired) electrons. The fourth-order valence-electron chi connectivity index (χ4n) is 3.28. The summed E-state index contributed by atoms with van der Waals surface area (Å²) < 4.78 is 5.76. The molecule has 1 aliphatic carbocycles. The maximum Gasteiger partial charge on any atom is 0.331 e. The molecule has 1 saturated carbocycles. The van der Waals surface area contributed by atoms with E-state index >= 15 is 0 Å². The first-order valence-electron chi connectivity index (χ1n) is 8.41. The number of hydrogen-bond donors (Lipinski definition) is 0. The number of carbonyl (C=O) groups is 1. The molecule has 3 atom stereocenters. The van der Waals surface area contributed by atoms with E-state index in [2.05, 4.69) is 27.7 Å². The maximum absolute atomic E-state index is 12.1. The number of ether oxygens (including phenoxy) is 1. The summed E-state index contributed by atoms with van der Waals surface area (Å²) in [4.78, 5) is 12.1. The van der Waals surface area contributed by atoms with E-state index in [1.165, 1.54) is 18.4 Å². The first-order chi connectivity index (χ1) is 10.5. The summed E-state index contributed by atoms with van der Waals surface area (Å²) >= 11 is 0. The highest BCUT2D eigenvalue weighted by molar-refractivity contribution is 5.87. The van der Waals surface area contributed by atoms with Gasteiger partial charge in [0.15, 0.2) is 0 Å². The molecule has 1 aromatic rings. The van der Waals surface area contributed by atoms with E-state index < -0.39 is 0 Å². The van der Waals surface area contributed by atoms with Crippen LogP contribution in [0.25, 0.3) is 6.08 Å². The quantitative estimate of drug-likeness (QED) is 0.577. The van der Waals surface area contributed by atoms with Crippen LogP contribution >= 0.6 is 0 Å². The van der Waals surface area contributed by atoms with E-state index in [0.717, 1.165) is 12.0 Å². The van der Waals surface area contributed by atoms with Crippen molar-refractivity contribution < 1.29 is 9.53 Å². The zero-order valence-corrected chi connectivity index (χ0v) is 14.2. The third kappa shape index (κ3) is 4.72. The zero-order valence-electron chi connectivity index (χ0n) is 14.2. The molecule has 120 valence electrons. The van der Waals surface area contributed by atoms with E-state index in [1.54, 1.807) is 6.08 Å². The van der Waals surface area contributed by atoms with Gasteiger partial charge >= 0.3 is 5.97 Å². The van der Waals surface area contributed by atoms with Gasteiger partial charge in [-0.3, -0.25) is 0 Å². The second-order valence-corrected chi connectivity index (χ2v) is 7.05. The number of hydrogen-bond acceptors (Lipinski definition) is 2. The second kappa shape index (κ2) is 7.62. The summed E-state index contributed by atoms with van der Waals surface area (Å²) in [6.45, 7) is 8.75. The molecule has 1 aromatic carbocycles. The Kier molecular flexibility index (Phi) is 5.82. The van der Waals surface area contributed by atoms with Crippen LogP contribution in [-0.2, 0) is 9.53 Å². The molecule has 0 bridgehead atoms. The standard InChI is InChI=1S/C20H28O2/c1-14(2)18-11-7-16(4)13-19(18)22-20(21)12-10-17-8-5-15(3)6-9-17/h5-6,8-10,12,14,16,18-19H,7,11,13H2,1-4H3/b12-10+/t16-,18+,19?/m0/s1. The monoisotopic (exact) mass is 300 g/mol. The highest BCUT2D eigenvalue weighted by atomic mass is 16.5. The van der Waals surface area contributed by atoms with Crippen LogP contribution in [0.1, 0.15) is 51.2 Å². The molecule has 1 fully saturated rings.